The molecule has 0 aromatic rings. The van der Waals surface area contributed by atoms with Gasteiger partial charge in [-0.1, -0.05) is 0 Å². The second-order valence-electron chi connectivity index (χ2n) is 8.85. The van der Waals surface area contributed by atoms with E-state index in [-0.39, 0.29) is 19.8 Å². The topological polar surface area (TPSA) is 103 Å². The third kappa shape index (κ3) is 5.17. The number of amides is 1. The summed E-state index contributed by atoms with van der Waals surface area (Å²) in [6, 6.07) is 0. The van der Waals surface area contributed by atoms with E-state index < -0.39 is 58.7 Å². The molecule has 12 heteroatoms. The van der Waals surface area contributed by atoms with Gasteiger partial charge in [0.05, 0.1) is 13.2 Å². The number of alkyl halides is 3. The van der Waals surface area contributed by atoms with Gasteiger partial charge in [-0.25, -0.2) is 9.59 Å². The number of fused-ring (bicyclic) bond motifs is 1. The molecule has 0 bridgehead atoms. The molecular formula is C20H29F3N2O7. The van der Waals surface area contributed by atoms with Gasteiger partial charge in [0.2, 0.25) is 0 Å². The Bertz CT molecular complexity index is 778. The Morgan fingerprint density at radius 2 is 1.84 bits per heavy atom. The SMILES string of the molecule is COCO[C@H]1C[C@H]2C(C(=O)C(F)(F)F)=CN(C)C[C@H]2[C@]1(NC(=O)OC(C)(C)C)C(=O)OC. The van der Waals surface area contributed by atoms with Gasteiger partial charge in [-0.15, -0.1) is 0 Å². The van der Waals surface area contributed by atoms with Crippen LogP contribution in [-0.4, -0.2) is 80.8 Å². The van der Waals surface area contributed by atoms with Gasteiger partial charge in [0.15, 0.2) is 5.54 Å². The number of halogens is 3. The number of carbonyl (C=O) groups is 3. The van der Waals surface area contributed by atoms with E-state index in [2.05, 4.69) is 5.32 Å². The molecule has 2 aliphatic rings. The molecule has 0 aromatic heterocycles. The van der Waals surface area contributed by atoms with E-state index >= 15 is 0 Å². The number of carbonyl (C=O) groups excluding carboxylic acids is 3. The fourth-order valence-electron chi connectivity index (χ4n) is 4.34. The first-order chi connectivity index (χ1) is 14.7. The van der Waals surface area contributed by atoms with Gasteiger partial charge in [0, 0.05) is 38.4 Å². The summed E-state index contributed by atoms with van der Waals surface area (Å²) in [5.74, 6) is -4.94. The highest BCUT2D eigenvalue weighted by molar-refractivity contribution is 6.00. The van der Waals surface area contributed by atoms with Crippen molar-refractivity contribution in [2.45, 2.75) is 50.6 Å². The molecule has 2 rings (SSSR count). The lowest BCUT2D eigenvalue weighted by atomic mass is 9.76. The van der Waals surface area contributed by atoms with Crippen LogP contribution in [-0.2, 0) is 28.5 Å². The van der Waals surface area contributed by atoms with Crippen LogP contribution >= 0.6 is 0 Å². The molecule has 1 aliphatic heterocycles. The number of nitrogens with zero attached hydrogens (tertiary/aromatic N) is 1. The molecule has 32 heavy (non-hydrogen) atoms. The van der Waals surface area contributed by atoms with Crippen molar-refractivity contribution in [3.05, 3.63) is 11.8 Å². The maximum atomic E-state index is 13.3. The van der Waals surface area contributed by atoms with E-state index in [0.29, 0.717) is 0 Å². The minimum Gasteiger partial charge on any atom is -0.467 e. The Kier molecular flexibility index (Phi) is 7.50. The van der Waals surface area contributed by atoms with Crippen molar-refractivity contribution in [1.29, 1.82) is 0 Å². The number of Topliss-reactive ketones (excluding diaryl/α,β-unsaturated/α-hetero) is 1. The largest absolute Gasteiger partial charge is 0.467 e. The quantitative estimate of drug-likeness (QED) is 0.469. The normalized spacial score (nSPS) is 28.0. The van der Waals surface area contributed by atoms with E-state index in [1.807, 2.05) is 0 Å². The molecule has 1 amide bonds. The van der Waals surface area contributed by atoms with Crippen molar-refractivity contribution in [1.82, 2.24) is 10.2 Å². The fraction of sp³-hybridized carbons (Fsp3) is 0.750. The monoisotopic (exact) mass is 466 g/mol. The predicted molar refractivity (Wildman–Crippen MR) is 104 cm³/mol. The van der Waals surface area contributed by atoms with Crippen molar-refractivity contribution < 1.29 is 46.5 Å². The summed E-state index contributed by atoms with van der Waals surface area (Å²) in [6.45, 7) is 4.60. The average Bonchev–Trinajstić information content (AvgIpc) is 2.96. The molecule has 1 aliphatic carbocycles. The van der Waals surface area contributed by atoms with Gasteiger partial charge in [-0.3, -0.25) is 4.79 Å². The first-order valence-electron chi connectivity index (χ1n) is 9.91. The Balaban J connectivity index is 2.58. The molecule has 0 aromatic carbocycles. The summed E-state index contributed by atoms with van der Waals surface area (Å²) >= 11 is 0. The van der Waals surface area contributed by atoms with Gasteiger partial charge < -0.3 is 29.2 Å². The first-order valence-corrected chi connectivity index (χ1v) is 9.91. The number of nitrogens with one attached hydrogen (secondary N) is 1. The van der Waals surface area contributed by atoms with Gasteiger partial charge in [-0.2, -0.15) is 13.2 Å². The zero-order valence-electron chi connectivity index (χ0n) is 18.9. The third-order valence-corrected chi connectivity index (χ3v) is 5.43. The number of hydrogen-bond acceptors (Lipinski definition) is 8. The van der Waals surface area contributed by atoms with E-state index in [1.165, 1.54) is 19.1 Å². The Labute approximate surface area is 184 Å². The molecule has 0 spiro atoms. The van der Waals surface area contributed by atoms with Crippen molar-refractivity contribution >= 4 is 17.8 Å². The summed E-state index contributed by atoms with van der Waals surface area (Å²) in [5.41, 5.74) is -3.35. The lowest BCUT2D eigenvalue weighted by Gasteiger charge is -2.42. The molecule has 1 saturated carbocycles. The lowest BCUT2D eigenvalue weighted by molar-refractivity contribution is -0.168. The maximum absolute atomic E-state index is 13.3. The smallest absolute Gasteiger partial charge is 0.454 e. The molecule has 1 fully saturated rings. The molecular weight excluding hydrogens is 437 g/mol. The van der Waals surface area contributed by atoms with Crippen molar-refractivity contribution in [3.8, 4) is 0 Å². The van der Waals surface area contributed by atoms with E-state index in [0.717, 1.165) is 13.3 Å². The summed E-state index contributed by atoms with van der Waals surface area (Å²) in [7, 11) is 3.89. The van der Waals surface area contributed by atoms with Gasteiger partial charge in [0.25, 0.3) is 5.78 Å². The zero-order chi connectivity index (χ0) is 24.5. The van der Waals surface area contributed by atoms with Crippen LogP contribution < -0.4 is 5.32 Å². The van der Waals surface area contributed by atoms with Crippen molar-refractivity contribution in [2.24, 2.45) is 11.8 Å². The molecule has 182 valence electrons. The molecule has 0 saturated heterocycles. The summed E-state index contributed by atoms with van der Waals surface area (Å²) < 4.78 is 60.6. The number of alkyl carbamates (subject to hydrolysis) is 1. The highest BCUT2D eigenvalue weighted by Gasteiger charge is 2.65. The molecule has 1 heterocycles. The van der Waals surface area contributed by atoms with E-state index in [1.54, 1.807) is 20.8 Å². The fourth-order valence-corrected chi connectivity index (χ4v) is 4.34. The van der Waals surface area contributed by atoms with Crippen LogP contribution in [0, 0.1) is 11.8 Å². The van der Waals surface area contributed by atoms with Crippen LogP contribution in [0.25, 0.3) is 0 Å². The second-order valence-corrected chi connectivity index (χ2v) is 8.85. The number of esters is 1. The number of hydrogen-bond donors (Lipinski definition) is 1. The highest BCUT2D eigenvalue weighted by Crippen LogP contribution is 2.50. The van der Waals surface area contributed by atoms with Crippen LogP contribution in [0.15, 0.2) is 11.8 Å². The number of allylic oxidation sites excluding steroid dienone is 1. The molecule has 0 radical (unpaired) electrons. The number of ketones is 1. The minimum atomic E-state index is -5.10. The third-order valence-electron chi connectivity index (χ3n) is 5.43. The summed E-state index contributed by atoms with van der Waals surface area (Å²) in [4.78, 5) is 39.3. The predicted octanol–water partition coefficient (Wildman–Crippen LogP) is 2.01. The van der Waals surface area contributed by atoms with Crippen molar-refractivity contribution in [3.63, 3.8) is 0 Å². The number of methoxy groups -OCH3 is 2. The molecule has 0 unspecified atom stereocenters. The lowest BCUT2D eigenvalue weighted by Crippen LogP contribution is -2.66. The maximum Gasteiger partial charge on any atom is 0.454 e. The van der Waals surface area contributed by atoms with Crippen LogP contribution in [0.3, 0.4) is 0 Å². The molecule has 1 N–H and O–H groups in total. The van der Waals surface area contributed by atoms with E-state index in [4.69, 9.17) is 18.9 Å². The second kappa shape index (κ2) is 9.26. The van der Waals surface area contributed by atoms with Crippen LogP contribution in [0.4, 0.5) is 18.0 Å². The van der Waals surface area contributed by atoms with Gasteiger partial charge in [-0.05, 0) is 33.1 Å². The number of ether oxygens (including phenoxy) is 4. The number of rotatable bonds is 6. The summed E-state index contributed by atoms with van der Waals surface area (Å²) in [6.07, 6.45) is -6.26. The Hall–Kier alpha value is -2.34. The van der Waals surface area contributed by atoms with Crippen LogP contribution in [0.5, 0.6) is 0 Å². The molecule has 9 nitrogen and oxygen atoms in total. The van der Waals surface area contributed by atoms with E-state index in [9.17, 15) is 27.6 Å². The van der Waals surface area contributed by atoms with Crippen LogP contribution in [0.2, 0.25) is 0 Å². The highest BCUT2D eigenvalue weighted by atomic mass is 19.4. The minimum absolute atomic E-state index is 0.0526. The first kappa shape index (κ1) is 25.9. The standard InChI is InChI=1S/C20H29F3N2O7/c1-18(2,3)32-17(28)24-19(16(27)30-6)13-9-25(4)8-12(15(26)20(21,22)23)11(13)7-14(19)31-10-29-5/h8,11,13-14H,7,9-10H2,1-6H3,(H,24,28)/t11-,13+,14-,19+/m0/s1. The summed E-state index contributed by atoms with van der Waals surface area (Å²) in [5, 5.41) is 2.51. The Morgan fingerprint density at radius 3 is 2.34 bits per heavy atom. The van der Waals surface area contributed by atoms with Crippen molar-refractivity contribution in [2.75, 3.05) is 34.6 Å². The van der Waals surface area contributed by atoms with Crippen LogP contribution in [0.1, 0.15) is 27.2 Å². The van der Waals surface area contributed by atoms with Gasteiger partial charge in [0.1, 0.15) is 12.4 Å². The zero-order valence-corrected chi connectivity index (χ0v) is 18.9. The molecule has 4 atom stereocenters. The average molecular weight is 466 g/mol. The van der Waals surface area contributed by atoms with Gasteiger partial charge >= 0.3 is 18.2 Å². The Morgan fingerprint density at radius 1 is 1.22 bits per heavy atom.